The van der Waals surface area contributed by atoms with Crippen LogP contribution < -0.4 is 9.47 Å². The highest BCUT2D eigenvalue weighted by atomic mass is 79.9. The Morgan fingerprint density at radius 3 is 2.89 bits per heavy atom. The smallest absolute Gasteiger partial charge is 0.217 e. The summed E-state index contributed by atoms with van der Waals surface area (Å²) in [6, 6.07) is 18.7. The van der Waals surface area contributed by atoms with Gasteiger partial charge in [-0.3, -0.25) is 0 Å². The van der Waals surface area contributed by atoms with Gasteiger partial charge >= 0.3 is 0 Å². The molecule has 0 fully saturated rings. The van der Waals surface area contributed by atoms with E-state index < -0.39 is 0 Å². The number of rotatable bonds is 4. The molecular formula is C22H19BrN2O2S. The maximum atomic E-state index is 6.46. The van der Waals surface area contributed by atoms with Crippen molar-refractivity contribution in [1.29, 1.82) is 0 Å². The van der Waals surface area contributed by atoms with E-state index in [1.807, 2.05) is 31.2 Å². The zero-order valence-electron chi connectivity index (χ0n) is 15.3. The Kier molecular flexibility index (Phi) is 4.61. The number of ether oxygens (including phenoxy) is 2. The van der Waals surface area contributed by atoms with E-state index in [0.717, 1.165) is 33.7 Å². The summed E-state index contributed by atoms with van der Waals surface area (Å²) in [4.78, 5) is 1.21. The van der Waals surface area contributed by atoms with Crippen molar-refractivity contribution in [3.8, 4) is 11.5 Å². The first-order valence-corrected chi connectivity index (χ1v) is 11.0. The molecule has 5 rings (SSSR count). The summed E-state index contributed by atoms with van der Waals surface area (Å²) in [7, 11) is 0. The van der Waals surface area contributed by atoms with Crippen molar-refractivity contribution in [3.63, 3.8) is 0 Å². The van der Waals surface area contributed by atoms with E-state index in [1.54, 1.807) is 11.3 Å². The van der Waals surface area contributed by atoms with Crippen molar-refractivity contribution in [3.05, 3.63) is 80.5 Å². The van der Waals surface area contributed by atoms with Crippen LogP contribution in [-0.4, -0.2) is 17.3 Å². The summed E-state index contributed by atoms with van der Waals surface area (Å²) in [5.41, 5.74) is 3.27. The lowest BCUT2D eigenvalue weighted by Gasteiger charge is -2.38. The quantitative estimate of drug-likeness (QED) is 0.473. The second-order valence-electron chi connectivity index (χ2n) is 6.75. The fraction of sp³-hybridized carbons (Fsp3) is 0.227. The van der Waals surface area contributed by atoms with E-state index in [9.17, 15) is 0 Å². The molecule has 0 radical (unpaired) electrons. The Hall–Kier alpha value is -2.31. The van der Waals surface area contributed by atoms with Gasteiger partial charge in [-0.2, -0.15) is 5.10 Å². The van der Waals surface area contributed by atoms with Gasteiger partial charge in [0, 0.05) is 16.5 Å². The molecule has 2 aromatic carbocycles. The molecule has 1 aromatic heterocycles. The van der Waals surface area contributed by atoms with Crippen LogP contribution in [0, 0.1) is 0 Å². The van der Waals surface area contributed by atoms with Gasteiger partial charge in [0.2, 0.25) is 6.23 Å². The van der Waals surface area contributed by atoms with Crippen LogP contribution in [0.1, 0.15) is 41.6 Å². The Morgan fingerprint density at radius 1 is 1.18 bits per heavy atom. The first-order chi connectivity index (χ1) is 13.7. The Morgan fingerprint density at radius 2 is 2.07 bits per heavy atom. The lowest BCUT2D eigenvalue weighted by Crippen LogP contribution is -2.34. The second-order valence-corrected chi connectivity index (χ2v) is 8.61. The van der Waals surface area contributed by atoms with Crippen molar-refractivity contribution in [1.82, 2.24) is 5.01 Å². The molecule has 3 heterocycles. The summed E-state index contributed by atoms with van der Waals surface area (Å²) in [6.45, 7) is 2.60. The molecule has 142 valence electrons. The fourth-order valence-electron chi connectivity index (χ4n) is 3.83. The third-order valence-corrected chi connectivity index (χ3v) is 6.45. The molecule has 0 saturated carbocycles. The van der Waals surface area contributed by atoms with Gasteiger partial charge in [0.05, 0.1) is 28.8 Å². The number of hydrogen-bond acceptors (Lipinski definition) is 5. The number of hydrogen-bond donors (Lipinski definition) is 0. The van der Waals surface area contributed by atoms with Crippen LogP contribution in [0.15, 0.2) is 69.6 Å². The van der Waals surface area contributed by atoms with Gasteiger partial charge in [0.25, 0.3) is 0 Å². The van der Waals surface area contributed by atoms with E-state index in [4.69, 9.17) is 14.6 Å². The average molecular weight is 455 g/mol. The van der Waals surface area contributed by atoms with Crippen LogP contribution in [0.2, 0.25) is 0 Å². The van der Waals surface area contributed by atoms with Crippen LogP contribution in [0.3, 0.4) is 0 Å². The first-order valence-electron chi connectivity index (χ1n) is 9.32. The van der Waals surface area contributed by atoms with Crippen LogP contribution in [-0.2, 0) is 0 Å². The minimum atomic E-state index is -0.337. The molecule has 0 amide bonds. The predicted molar refractivity (Wildman–Crippen MR) is 115 cm³/mol. The number of nitrogens with zero attached hydrogens (tertiary/aromatic N) is 2. The lowest BCUT2D eigenvalue weighted by molar-refractivity contribution is -0.0206. The summed E-state index contributed by atoms with van der Waals surface area (Å²) in [5, 5.41) is 9.20. The van der Waals surface area contributed by atoms with Crippen LogP contribution in [0.5, 0.6) is 11.5 Å². The molecule has 0 aliphatic carbocycles. The van der Waals surface area contributed by atoms with Crippen molar-refractivity contribution in [2.75, 3.05) is 6.61 Å². The minimum Gasteiger partial charge on any atom is -0.493 e. The van der Waals surface area contributed by atoms with E-state index in [-0.39, 0.29) is 12.3 Å². The molecule has 0 saturated heterocycles. The largest absolute Gasteiger partial charge is 0.493 e. The van der Waals surface area contributed by atoms with E-state index >= 15 is 0 Å². The third-order valence-electron chi connectivity index (χ3n) is 5.04. The maximum Gasteiger partial charge on any atom is 0.217 e. The second kappa shape index (κ2) is 7.26. The molecule has 3 aromatic rings. The van der Waals surface area contributed by atoms with Gasteiger partial charge < -0.3 is 9.47 Å². The average Bonchev–Trinajstić information content (AvgIpc) is 3.39. The van der Waals surface area contributed by atoms with E-state index in [1.165, 1.54) is 10.4 Å². The van der Waals surface area contributed by atoms with Gasteiger partial charge in [-0.1, -0.05) is 40.2 Å². The number of halogens is 1. The molecular weight excluding hydrogens is 436 g/mol. The number of para-hydroxylation sites is 1. The molecule has 28 heavy (non-hydrogen) atoms. The van der Waals surface area contributed by atoms with E-state index in [2.05, 4.69) is 56.7 Å². The molecule has 0 N–H and O–H groups in total. The van der Waals surface area contributed by atoms with Gasteiger partial charge in [-0.15, -0.1) is 11.3 Å². The number of benzene rings is 2. The van der Waals surface area contributed by atoms with Crippen molar-refractivity contribution in [2.45, 2.75) is 25.6 Å². The molecule has 0 bridgehead atoms. The molecule has 2 aliphatic heterocycles. The third kappa shape index (κ3) is 3.01. The van der Waals surface area contributed by atoms with Gasteiger partial charge in [-0.25, -0.2) is 5.01 Å². The minimum absolute atomic E-state index is 0.153. The van der Waals surface area contributed by atoms with Crippen molar-refractivity contribution >= 4 is 33.0 Å². The Labute approximate surface area is 176 Å². The summed E-state index contributed by atoms with van der Waals surface area (Å²) < 4.78 is 13.4. The molecule has 2 aliphatic rings. The molecule has 0 unspecified atom stereocenters. The van der Waals surface area contributed by atoms with Gasteiger partial charge in [-0.05, 0) is 42.6 Å². The first kappa shape index (κ1) is 17.8. The summed E-state index contributed by atoms with van der Waals surface area (Å²) in [5.74, 6) is 1.74. The standard InChI is InChI=1S/C22H19BrN2O2S/c1-2-26-19-10-9-14(23)12-16(19)22-25-18(15-6-3-4-7-20(15)27-22)13-17(24-25)21-8-5-11-28-21/h3-12,18,22H,2,13H2,1H3/t18-,22+/m1/s1. The number of thiophene rings is 1. The van der Waals surface area contributed by atoms with E-state index in [0.29, 0.717) is 6.61 Å². The normalized spacial score (nSPS) is 20.2. The lowest BCUT2D eigenvalue weighted by atomic mass is 9.97. The van der Waals surface area contributed by atoms with Crippen LogP contribution >= 0.6 is 27.3 Å². The topological polar surface area (TPSA) is 34.1 Å². The Bertz CT molecular complexity index is 1030. The van der Waals surface area contributed by atoms with Crippen molar-refractivity contribution in [2.24, 2.45) is 5.10 Å². The summed E-state index contributed by atoms with van der Waals surface area (Å²) in [6.07, 6.45) is 0.534. The molecule has 6 heteroatoms. The Balaban J connectivity index is 1.63. The zero-order chi connectivity index (χ0) is 19.1. The summed E-state index contributed by atoms with van der Waals surface area (Å²) >= 11 is 5.33. The molecule has 4 nitrogen and oxygen atoms in total. The van der Waals surface area contributed by atoms with Crippen LogP contribution in [0.25, 0.3) is 0 Å². The maximum absolute atomic E-state index is 6.46. The van der Waals surface area contributed by atoms with Gasteiger partial charge in [0.15, 0.2) is 0 Å². The molecule has 0 spiro atoms. The highest BCUT2D eigenvalue weighted by molar-refractivity contribution is 9.10. The SMILES string of the molecule is CCOc1ccc(Br)cc1[C@@H]1Oc2ccccc2[C@H]2CC(c3cccs3)=NN21. The zero-order valence-corrected chi connectivity index (χ0v) is 17.7. The highest BCUT2D eigenvalue weighted by Crippen LogP contribution is 2.49. The highest BCUT2D eigenvalue weighted by Gasteiger charge is 2.42. The van der Waals surface area contributed by atoms with Crippen LogP contribution in [0.4, 0.5) is 0 Å². The predicted octanol–water partition coefficient (Wildman–Crippen LogP) is 6.15. The number of hydrazone groups is 1. The van der Waals surface area contributed by atoms with Crippen molar-refractivity contribution < 1.29 is 9.47 Å². The number of fused-ring (bicyclic) bond motifs is 3. The van der Waals surface area contributed by atoms with Gasteiger partial charge in [0.1, 0.15) is 11.5 Å². The monoisotopic (exact) mass is 454 g/mol. The fourth-order valence-corrected chi connectivity index (χ4v) is 4.93. The molecule has 2 atom stereocenters.